The fourth-order valence-corrected chi connectivity index (χ4v) is 3.58. The molecule has 1 aromatic rings. The minimum atomic E-state index is -3.07. The monoisotopic (exact) mass is 285 g/mol. The number of carbonyl (C=O) groups excluding carboxylic acids is 1. The summed E-state index contributed by atoms with van der Waals surface area (Å²) in [5, 5.41) is -0.510. The molecule has 6 heteroatoms. The first-order chi connectivity index (χ1) is 8.83. The van der Waals surface area contributed by atoms with E-state index in [0.717, 1.165) is 0 Å². The van der Waals surface area contributed by atoms with E-state index in [1.807, 2.05) is 0 Å². The van der Waals surface area contributed by atoms with Crippen molar-refractivity contribution in [2.75, 3.05) is 23.7 Å². The lowest BCUT2D eigenvalue weighted by atomic mass is 10.1. The van der Waals surface area contributed by atoms with Gasteiger partial charge in [0, 0.05) is 13.1 Å². The summed E-state index contributed by atoms with van der Waals surface area (Å²) in [5.41, 5.74) is 0.517. The van der Waals surface area contributed by atoms with Crippen LogP contribution in [0.1, 0.15) is 24.2 Å². The molecule has 0 bridgehead atoms. The van der Waals surface area contributed by atoms with Crippen molar-refractivity contribution in [3.8, 4) is 0 Å². The fraction of sp³-hybridized carbons (Fsp3) is 0.462. The van der Waals surface area contributed by atoms with Crippen molar-refractivity contribution >= 4 is 21.3 Å². The molecule has 2 rings (SSSR count). The van der Waals surface area contributed by atoms with Crippen molar-refractivity contribution in [2.24, 2.45) is 0 Å². The number of nitrogens with zero attached hydrogens (tertiary/aromatic N) is 1. The van der Waals surface area contributed by atoms with Gasteiger partial charge in [-0.3, -0.25) is 4.79 Å². The normalized spacial score (nSPS) is 22.3. The van der Waals surface area contributed by atoms with E-state index in [1.165, 1.54) is 19.1 Å². The minimum Gasteiger partial charge on any atom is -0.369 e. The lowest BCUT2D eigenvalue weighted by Crippen LogP contribution is -2.46. The summed E-state index contributed by atoms with van der Waals surface area (Å²) >= 11 is 0. The highest BCUT2D eigenvalue weighted by Crippen LogP contribution is 2.26. The molecule has 104 valence electrons. The molecule has 1 aromatic carbocycles. The zero-order valence-corrected chi connectivity index (χ0v) is 11.7. The first-order valence-electron chi connectivity index (χ1n) is 6.09. The van der Waals surface area contributed by atoms with Gasteiger partial charge in [0.15, 0.2) is 15.6 Å². The molecule has 1 aliphatic heterocycles. The standard InChI is InChI=1S/C13H16FNO3S/c1-9-8-15(6-7-19(9,17)18)12-5-3-4-11(14)13(12)10(2)16/h3-5,9H,6-8H2,1-2H3. The molecule has 0 spiro atoms. The molecule has 0 radical (unpaired) electrons. The highest BCUT2D eigenvalue weighted by atomic mass is 32.2. The Morgan fingerprint density at radius 1 is 1.42 bits per heavy atom. The van der Waals surface area contributed by atoms with Crippen LogP contribution in [0.15, 0.2) is 18.2 Å². The lowest BCUT2D eigenvalue weighted by Gasteiger charge is -2.33. The number of hydrogen-bond acceptors (Lipinski definition) is 4. The van der Waals surface area contributed by atoms with Gasteiger partial charge in [0.1, 0.15) is 5.82 Å². The quantitative estimate of drug-likeness (QED) is 0.775. The van der Waals surface area contributed by atoms with Crippen LogP contribution in [0.3, 0.4) is 0 Å². The smallest absolute Gasteiger partial charge is 0.164 e. The van der Waals surface area contributed by atoms with Crippen LogP contribution in [0.2, 0.25) is 0 Å². The SMILES string of the molecule is CC(=O)c1c(F)cccc1N1CCS(=O)(=O)C(C)C1. The van der Waals surface area contributed by atoms with Crippen LogP contribution >= 0.6 is 0 Å². The lowest BCUT2D eigenvalue weighted by molar-refractivity contribution is 0.101. The molecule has 1 fully saturated rings. The van der Waals surface area contributed by atoms with Gasteiger partial charge in [0.2, 0.25) is 0 Å². The van der Waals surface area contributed by atoms with Gasteiger partial charge < -0.3 is 4.90 Å². The summed E-state index contributed by atoms with van der Waals surface area (Å²) in [6.07, 6.45) is 0. The predicted octanol–water partition coefficient (Wildman–Crippen LogP) is 1.65. The Morgan fingerprint density at radius 3 is 2.68 bits per heavy atom. The number of hydrogen-bond donors (Lipinski definition) is 0. The maximum absolute atomic E-state index is 13.7. The van der Waals surface area contributed by atoms with Gasteiger partial charge in [-0.1, -0.05) is 6.07 Å². The average Bonchev–Trinajstić information content (AvgIpc) is 2.32. The van der Waals surface area contributed by atoms with E-state index < -0.39 is 20.9 Å². The van der Waals surface area contributed by atoms with Gasteiger partial charge in [-0.05, 0) is 26.0 Å². The van der Waals surface area contributed by atoms with Crippen LogP contribution in [0.25, 0.3) is 0 Å². The van der Waals surface area contributed by atoms with E-state index >= 15 is 0 Å². The summed E-state index contributed by atoms with van der Waals surface area (Å²) in [7, 11) is -3.07. The van der Waals surface area contributed by atoms with Crippen molar-refractivity contribution in [2.45, 2.75) is 19.1 Å². The van der Waals surface area contributed by atoms with E-state index in [1.54, 1.807) is 17.9 Å². The largest absolute Gasteiger partial charge is 0.369 e. The predicted molar refractivity (Wildman–Crippen MR) is 71.9 cm³/mol. The van der Waals surface area contributed by atoms with E-state index in [9.17, 15) is 17.6 Å². The van der Waals surface area contributed by atoms with Crippen molar-refractivity contribution in [1.82, 2.24) is 0 Å². The second kappa shape index (κ2) is 4.92. The summed E-state index contributed by atoms with van der Waals surface area (Å²) < 4.78 is 37.1. The van der Waals surface area contributed by atoms with Crippen LogP contribution in [0.4, 0.5) is 10.1 Å². The molecule has 0 aliphatic carbocycles. The number of ketones is 1. The molecule has 1 saturated heterocycles. The number of sulfone groups is 1. The number of anilines is 1. The van der Waals surface area contributed by atoms with Crippen LogP contribution in [0, 0.1) is 5.82 Å². The van der Waals surface area contributed by atoms with Crippen LogP contribution in [-0.4, -0.2) is 38.3 Å². The second-order valence-electron chi connectivity index (χ2n) is 4.81. The first kappa shape index (κ1) is 14.0. The van der Waals surface area contributed by atoms with E-state index in [4.69, 9.17) is 0 Å². The topological polar surface area (TPSA) is 54.5 Å². The summed E-state index contributed by atoms with van der Waals surface area (Å²) in [5.74, 6) is -0.887. The Labute approximate surface area is 112 Å². The molecular formula is C13H16FNO3S. The number of benzene rings is 1. The second-order valence-corrected chi connectivity index (χ2v) is 7.35. The third kappa shape index (κ3) is 2.63. The molecule has 0 N–H and O–H groups in total. The van der Waals surface area contributed by atoms with Gasteiger partial charge in [-0.25, -0.2) is 12.8 Å². The molecule has 1 unspecified atom stereocenters. The first-order valence-corrected chi connectivity index (χ1v) is 7.80. The average molecular weight is 285 g/mol. The Bertz CT molecular complexity index is 612. The Kier molecular flexibility index (Phi) is 3.62. The van der Waals surface area contributed by atoms with E-state index in [2.05, 4.69) is 0 Å². The summed E-state index contributed by atoms with van der Waals surface area (Å²) in [6.45, 7) is 3.52. The molecule has 1 atom stereocenters. The van der Waals surface area contributed by atoms with Gasteiger partial charge in [-0.15, -0.1) is 0 Å². The number of rotatable bonds is 2. The molecule has 0 amide bonds. The third-order valence-corrected chi connectivity index (χ3v) is 5.55. The number of Topliss-reactive ketones (excluding diaryl/α,β-unsaturated/α-hetero) is 1. The highest BCUT2D eigenvalue weighted by molar-refractivity contribution is 7.92. The highest BCUT2D eigenvalue weighted by Gasteiger charge is 2.31. The molecule has 4 nitrogen and oxygen atoms in total. The molecular weight excluding hydrogens is 269 g/mol. The van der Waals surface area contributed by atoms with E-state index in [0.29, 0.717) is 5.69 Å². The van der Waals surface area contributed by atoms with Gasteiger partial charge in [-0.2, -0.15) is 0 Å². The van der Waals surface area contributed by atoms with E-state index in [-0.39, 0.29) is 30.2 Å². The Balaban J connectivity index is 2.39. The number of halogens is 1. The minimum absolute atomic E-state index is 0.0298. The molecule has 0 aromatic heterocycles. The Morgan fingerprint density at radius 2 is 2.11 bits per heavy atom. The molecule has 1 aliphatic rings. The van der Waals surface area contributed by atoms with Crippen molar-refractivity contribution in [3.63, 3.8) is 0 Å². The fourth-order valence-electron chi connectivity index (χ4n) is 2.30. The molecule has 1 heterocycles. The van der Waals surface area contributed by atoms with Gasteiger partial charge in [0.05, 0.1) is 22.3 Å². The van der Waals surface area contributed by atoms with Crippen molar-refractivity contribution in [1.29, 1.82) is 0 Å². The van der Waals surface area contributed by atoms with Crippen LogP contribution < -0.4 is 4.90 Å². The zero-order valence-electron chi connectivity index (χ0n) is 10.9. The summed E-state index contributed by atoms with van der Waals surface area (Å²) in [4.78, 5) is 13.3. The maximum atomic E-state index is 13.7. The summed E-state index contributed by atoms with van der Waals surface area (Å²) in [6, 6.07) is 4.43. The molecule has 0 saturated carbocycles. The van der Waals surface area contributed by atoms with Gasteiger partial charge in [0.25, 0.3) is 0 Å². The van der Waals surface area contributed by atoms with Crippen LogP contribution in [-0.2, 0) is 9.84 Å². The Hall–Kier alpha value is -1.43. The third-order valence-electron chi connectivity index (χ3n) is 3.42. The van der Waals surface area contributed by atoms with Gasteiger partial charge >= 0.3 is 0 Å². The van der Waals surface area contributed by atoms with Crippen LogP contribution in [0.5, 0.6) is 0 Å². The molecule has 19 heavy (non-hydrogen) atoms. The van der Waals surface area contributed by atoms with Crippen molar-refractivity contribution in [3.05, 3.63) is 29.6 Å². The maximum Gasteiger partial charge on any atom is 0.164 e. The van der Waals surface area contributed by atoms with Crippen molar-refractivity contribution < 1.29 is 17.6 Å². The zero-order chi connectivity index (χ0) is 14.2. The number of carbonyl (C=O) groups is 1.